The topological polar surface area (TPSA) is 0 Å². The molecule has 0 bridgehead atoms. The monoisotopic (exact) mass is 228 g/mol. The minimum absolute atomic E-state index is 0.768. The molecule has 0 aliphatic carbocycles. The van der Waals surface area contributed by atoms with Crippen LogP contribution in [0.1, 0.15) is 16.7 Å². The molecule has 0 amide bonds. The molecule has 16 heavy (non-hydrogen) atoms. The van der Waals surface area contributed by atoms with Crippen LogP contribution in [0.25, 0.3) is 0 Å². The number of benzene rings is 2. The molecule has 0 saturated heterocycles. The van der Waals surface area contributed by atoms with Crippen molar-refractivity contribution in [3.8, 4) is 0 Å². The van der Waals surface area contributed by atoms with Crippen molar-refractivity contribution >= 4 is 19.2 Å². The highest BCUT2D eigenvalue weighted by Gasteiger charge is 2.04. The van der Waals surface area contributed by atoms with E-state index in [4.69, 9.17) is 0 Å². The van der Waals surface area contributed by atoms with E-state index in [-0.39, 0.29) is 0 Å². The molecule has 1 atom stereocenters. The minimum atomic E-state index is 0.768. The van der Waals surface area contributed by atoms with Crippen molar-refractivity contribution in [3.05, 3.63) is 59.2 Å². The molecule has 0 radical (unpaired) electrons. The zero-order valence-electron chi connectivity index (χ0n) is 10.0. The van der Waals surface area contributed by atoms with E-state index in [0.717, 1.165) is 8.58 Å². The lowest BCUT2D eigenvalue weighted by Crippen LogP contribution is -2.08. The number of rotatable bonds is 2. The fraction of sp³-hybridized carbons (Fsp3) is 0.200. The molecule has 1 unspecified atom stereocenters. The second-order valence-corrected chi connectivity index (χ2v) is 5.54. The maximum Gasteiger partial charge on any atom is -0.0194 e. The number of hydrogen-bond acceptors (Lipinski definition) is 0. The normalized spacial score (nSPS) is 11.2. The van der Waals surface area contributed by atoms with E-state index in [0.29, 0.717) is 0 Å². The van der Waals surface area contributed by atoms with Crippen LogP contribution in [0.2, 0.25) is 0 Å². The highest BCUT2D eigenvalue weighted by Crippen LogP contribution is 2.18. The van der Waals surface area contributed by atoms with Crippen LogP contribution in [0.4, 0.5) is 0 Å². The Morgan fingerprint density at radius 1 is 0.750 bits per heavy atom. The van der Waals surface area contributed by atoms with E-state index in [2.05, 4.69) is 63.2 Å². The smallest absolute Gasteiger partial charge is 0.0194 e. The van der Waals surface area contributed by atoms with Crippen molar-refractivity contribution in [3.63, 3.8) is 0 Å². The predicted molar refractivity (Wildman–Crippen MR) is 74.7 cm³/mol. The van der Waals surface area contributed by atoms with Gasteiger partial charge in [-0.1, -0.05) is 51.0 Å². The third kappa shape index (κ3) is 2.33. The average molecular weight is 228 g/mol. The number of hydrogen-bond donors (Lipinski definition) is 0. The molecule has 1 heteroatoms. The highest BCUT2D eigenvalue weighted by atomic mass is 31.1. The first-order chi connectivity index (χ1) is 7.68. The summed E-state index contributed by atoms with van der Waals surface area (Å²) in [7, 11) is 0.768. The lowest BCUT2D eigenvalue weighted by Gasteiger charge is -2.11. The molecule has 2 aromatic carbocycles. The van der Waals surface area contributed by atoms with Gasteiger partial charge in [-0.15, -0.1) is 0 Å². The fourth-order valence-corrected chi connectivity index (χ4v) is 2.98. The molecule has 0 N–H and O–H groups in total. The second kappa shape index (κ2) is 4.80. The van der Waals surface area contributed by atoms with Crippen LogP contribution in [0.3, 0.4) is 0 Å². The summed E-state index contributed by atoms with van der Waals surface area (Å²) >= 11 is 0. The summed E-state index contributed by atoms with van der Waals surface area (Å²) in [5, 5.41) is 2.88. The van der Waals surface area contributed by atoms with Gasteiger partial charge < -0.3 is 0 Å². The molecule has 0 aromatic heterocycles. The lowest BCUT2D eigenvalue weighted by molar-refractivity contribution is 1.29. The summed E-state index contributed by atoms with van der Waals surface area (Å²) in [6.07, 6.45) is 0. The van der Waals surface area contributed by atoms with Gasteiger partial charge in [-0.25, -0.2) is 0 Å². The largest absolute Gasteiger partial charge is 0.0622 e. The van der Waals surface area contributed by atoms with Crippen LogP contribution in [-0.2, 0) is 0 Å². The Labute approximate surface area is 99.5 Å². The summed E-state index contributed by atoms with van der Waals surface area (Å²) < 4.78 is 0. The van der Waals surface area contributed by atoms with Crippen molar-refractivity contribution in [2.75, 3.05) is 0 Å². The van der Waals surface area contributed by atoms with Crippen molar-refractivity contribution < 1.29 is 0 Å². The summed E-state index contributed by atoms with van der Waals surface area (Å²) in [5.41, 5.74) is 4.27. The van der Waals surface area contributed by atoms with Crippen LogP contribution in [0.5, 0.6) is 0 Å². The van der Waals surface area contributed by atoms with E-state index < -0.39 is 0 Å². The standard InChI is InChI=1S/C15H17P/c1-11-9-10-15(13(3)12(11)2)16-14-7-5-4-6-8-14/h4-10,16H,1-3H3. The molecule has 0 nitrogen and oxygen atoms in total. The molecule has 82 valence electrons. The molecular formula is C15H17P. The highest BCUT2D eigenvalue weighted by molar-refractivity contribution is 7.55. The molecule has 2 rings (SSSR count). The van der Waals surface area contributed by atoms with Crippen LogP contribution in [-0.4, -0.2) is 0 Å². The summed E-state index contributed by atoms with van der Waals surface area (Å²) in [4.78, 5) is 0. The van der Waals surface area contributed by atoms with Crippen LogP contribution >= 0.6 is 8.58 Å². The van der Waals surface area contributed by atoms with Gasteiger partial charge in [-0.2, -0.15) is 0 Å². The van der Waals surface area contributed by atoms with E-state index in [9.17, 15) is 0 Å². The van der Waals surface area contributed by atoms with E-state index in [1.54, 1.807) is 0 Å². The Balaban J connectivity index is 2.33. The first-order valence-corrected chi connectivity index (χ1v) is 6.57. The summed E-state index contributed by atoms with van der Waals surface area (Å²) in [6.45, 7) is 6.62. The van der Waals surface area contributed by atoms with Crippen LogP contribution in [0, 0.1) is 20.8 Å². The van der Waals surface area contributed by atoms with Gasteiger partial charge in [0.1, 0.15) is 0 Å². The van der Waals surface area contributed by atoms with Gasteiger partial charge >= 0.3 is 0 Å². The van der Waals surface area contributed by atoms with Gasteiger partial charge in [0.15, 0.2) is 0 Å². The van der Waals surface area contributed by atoms with E-state index in [1.165, 1.54) is 27.3 Å². The maximum absolute atomic E-state index is 2.27. The molecular weight excluding hydrogens is 211 g/mol. The quantitative estimate of drug-likeness (QED) is 0.692. The average Bonchev–Trinajstić information content (AvgIpc) is 2.31. The number of aryl methyl sites for hydroxylation is 1. The Hall–Kier alpha value is -1.13. The van der Waals surface area contributed by atoms with Gasteiger partial charge in [0.25, 0.3) is 0 Å². The molecule has 0 aliphatic rings. The SMILES string of the molecule is Cc1ccc(Pc2ccccc2)c(C)c1C. The lowest BCUT2D eigenvalue weighted by atomic mass is 10.1. The second-order valence-electron chi connectivity index (χ2n) is 4.17. The molecule has 0 heterocycles. The zero-order valence-corrected chi connectivity index (χ0v) is 11.0. The van der Waals surface area contributed by atoms with E-state index in [1.807, 2.05) is 0 Å². The molecule has 2 aromatic rings. The summed E-state index contributed by atoms with van der Waals surface area (Å²) in [6, 6.07) is 15.2. The predicted octanol–water partition coefficient (Wildman–Crippen LogP) is 3.24. The Morgan fingerprint density at radius 3 is 2.12 bits per heavy atom. The van der Waals surface area contributed by atoms with Crippen LogP contribution < -0.4 is 10.6 Å². The minimum Gasteiger partial charge on any atom is -0.0622 e. The fourth-order valence-electron chi connectivity index (χ4n) is 1.77. The molecule has 0 saturated carbocycles. The van der Waals surface area contributed by atoms with E-state index >= 15 is 0 Å². The van der Waals surface area contributed by atoms with Gasteiger partial charge in [0.05, 0.1) is 0 Å². The van der Waals surface area contributed by atoms with Gasteiger partial charge in [-0.3, -0.25) is 0 Å². The third-order valence-corrected chi connectivity index (χ3v) is 4.54. The zero-order chi connectivity index (χ0) is 11.5. The summed E-state index contributed by atoms with van der Waals surface area (Å²) in [5.74, 6) is 0. The van der Waals surface area contributed by atoms with Gasteiger partial charge in [0, 0.05) is 0 Å². The molecule has 0 fully saturated rings. The Morgan fingerprint density at radius 2 is 1.44 bits per heavy atom. The van der Waals surface area contributed by atoms with Crippen molar-refractivity contribution in [1.82, 2.24) is 0 Å². The van der Waals surface area contributed by atoms with Gasteiger partial charge in [0.2, 0.25) is 0 Å². The molecule has 0 aliphatic heterocycles. The van der Waals surface area contributed by atoms with Gasteiger partial charge in [-0.05, 0) is 48.1 Å². The van der Waals surface area contributed by atoms with Crippen molar-refractivity contribution in [2.45, 2.75) is 20.8 Å². The molecule has 0 spiro atoms. The van der Waals surface area contributed by atoms with Crippen molar-refractivity contribution in [2.24, 2.45) is 0 Å². The maximum atomic E-state index is 2.27. The van der Waals surface area contributed by atoms with Crippen LogP contribution in [0.15, 0.2) is 42.5 Å². The third-order valence-electron chi connectivity index (χ3n) is 3.11. The first-order valence-electron chi connectivity index (χ1n) is 5.57. The Kier molecular flexibility index (Phi) is 3.41. The Bertz CT molecular complexity index is 486. The first kappa shape index (κ1) is 11.4. The van der Waals surface area contributed by atoms with Crippen molar-refractivity contribution in [1.29, 1.82) is 0 Å².